The van der Waals surface area contributed by atoms with E-state index in [2.05, 4.69) is 68.5 Å². The Hall–Kier alpha value is -1.82. The van der Waals surface area contributed by atoms with Gasteiger partial charge in [-0.05, 0) is 36.1 Å². The molecule has 0 heterocycles. The van der Waals surface area contributed by atoms with Crippen LogP contribution in [0.4, 0.5) is 0 Å². The largest absolute Gasteiger partial charge is 0.0622 e. The fourth-order valence-electron chi connectivity index (χ4n) is 1.77. The van der Waals surface area contributed by atoms with Crippen molar-refractivity contribution in [3.63, 3.8) is 0 Å². The van der Waals surface area contributed by atoms with Crippen LogP contribution in [0.1, 0.15) is 23.6 Å². The average molecular weight is 208 g/mol. The van der Waals surface area contributed by atoms with E-state index in [9.17, 15) is 0 Å². The van der Waals surface area contributed by atoms with E-state index >= 15 is 0 Å². The molecule has 0 radical (unpaired) electrons. The smallest absolute Gasteiger partial charge is 0.0225 e. The van der Waals surface area contributed by atoms with E-state index in [0.717, 1.165) is 0 Å². The Morgan fingerprint density at radius 2 is 1.50 bits per heavy atom. The number of hydrogen-bond acceptors (Lipinski definition) is 0. The Kier molecular flexibility index (Phi) is 3.21. The van der Waals surface area contributed by atoms with Crippen molar-refractivity contribution in [2.45, 2.75) is 13.8 Å². The minimum absolute atomic E-state index is 1.28. The standard InChI is InChI=1S/C16H16/c1-13-8-6-7-11-16(13)12-14(2)15-9-4-3-5-10-15/h3-12H,1-2H3. The predicted octanol–water partition coefficient (Wildman–Crippen LogP) is 4.56. The predicted molar refractivity (Wildman–Crippen MR) is 71.2 cm³/mol. The first-order valence-electron chi connectivity index (χ1n) is 5.57. The third kappa shape index (κ3) is 2.40. The minimum Gasteiger partial charge on any atom is -0.0622 e. The molecule has 2 rings (SSSR count). The summed E-state index contributed by atoms with van der Waals surface area (Å²) in [5, 5.41) is 0. The molecule has 2 aromatic carbocycles. The summed E-state index contributed by atoms with van der Waals surface area (Å²) < 4.78 is 0. The molecule has 2 aromatic rings. The van der Waals surface area contributed by atoms with Crippen molar-refractivity contribution in [2.24, 2.45) is 0 Å². The van der Waals surface area contributed by atoms with Crippen molar-refractivity contribution in [1.29, 1.82) is 0 Å². The van der Waals surface area contributed by atoms with Crippen molar-refractivity contribution in [3.8, 4) is 0 Å². The van der Waals surface area contributed by atoms with Crippen LogP contribution in [0, 0.1) is 6.92 Å². The lowest BCUT2D eigenvalue weighted by molar-refractivity contribution is 1.44. The molecule has 0 amide bonds. The van der Waals surface area contributed by atoms with Gasteiger partial charge in [-0.1, -0.05) is 60.7 Å². The van der Waals surface area contributed by atoms with Gasteiger partial charge in [-0.25, -0.2) is 0 Å². The second-order valence-corrected chi connectivity index (χ2v) is 4.05. The summed E-state index contributed by atoms with van der Waals surface area (Å²) in [6.45, 7) is 4.30. The van der Waals surface area contributed by atoms with Crippen molar-refractivity contribution in [3.05, 3.63) is 71.3 Å². The molecule has 0 aliphatic carbocycles. The molecule has 0 heteroatoms. The topological polar surface area (TPSA) is 0 Å². The molecule has 0 spiro atoms. The van der Waals surface area contributed by atoms with Gasteiger partial charge in [0.05, 0.1) is 0 Å². The Labute approximate surface area is 97.3 Å². The van der Waals surface area contributed by atoms with Crippen LogP contribution >= 0.6 is 0 Å². The molecule has 0 atom stereocenters. The molecule has 0 N–H and O–H groups in total. The van der Waals surface area contributed by atoms with Crippen LogP contribution in [0.5, 0.6) is 0 Å². The summed E-state index contributed by atoms with van der Waals surface area (Å²) in [7, 11) is 0. The van der Waals surface area contributed by atoms with Crippen LogP contribution in [0.3, 0.4) is 0 Å². The molecule has 0 fully saturated rings. The monoisotopic (exact) mass is 208 g/mol. The highest BCUT2D eigenvalue weighted by Gasteiger charge is 1.96. The molecular weight excluding hydrogens is 192 g/mol. The van der Waals surface area contributed by atoms with E-state index in [-0.39, 0.29) is 0 Å². The third-order valence-corrected chi connectivity index (χ3v) is 2.79. The van der Waals surface area contributed by atoms with Crippen LogP contribution in [0.2, 0.25) is 0 Å². The van der Waals surface area contributed by atoms with E-state index in [4.69, 9.17) is 0 Å². The van der Waals surface area contributed by atoms with Crippen LogP contribution in [0.15, 0.2) is 54.6 Å². The van der Waals surface area contributed by atoms with Crippen LogP contribution < -0.4 is 0 Å². The quantitative estimate of drug-likeness (QED) is 0.635. The van der Waals surface area contributed by atoms with Crippen LogP contribution in [-0.2, 0) is 0 Å². The third-order valence-electron chi connectivity index (χ3n) is 2.79. The summed E-state index contributed by atoms with van der Waals surface area (Å²) >= 11 is 0. The lowest BCUT2D eigenvalue weighted by Crippen LogP contribution is -1.82. The summed E-state index contributed by atoms with van der Waals surface area (Å²) in [6.07, 6.45) is 2.24. The fourth-order valence-corrected chi connectivity index (χ4v) is 1.77. The highest BCUT2D eigenvalue weighted by atomic mass is 14.0. The van der Waals surface area contributed by atoms with Gasteiger partial charge in [0.15, 0.2) is 0 Å². The normalized spacial score (nSPS) is 11.5. The van der Waals surface area contributed by atoms with Crippen molar-refractivity contribution < 1.29 is 0 Å². The van der Waals surface area contributed by atoms with E-state index in [0.29, 0.717) is 0 Å². The molecule has 0 bridgehead atoms. The van der Waals surface area contributed by atoms with E-state index in [1.165, 1.54) is 22.3 Å². The molecule has 0 aromatic heterocycles. The SMILES string of the molecule is CC(=Cc1ccccc1C)c1ccccc1. The summed E-state index contributed by atoms with van der Waals surface area (Å²) in [4.78, 5) is 0. The van der Waals surface area contributed by atoms with Gasteiger partial charge in [-0.15, -0.1) is 0 Å². The van der Waals surface area contributed by atoms with Crippen LogP contribution in [0.25, 0.3) is 11.6 Å². The molecule has 0 aliphatic heterocycles. The molecule has 0 aliphatic rings. The lowest BCUT2D eigenvalue weighted by Gasteiger charge is -2.03. The molecular formula is C16H16. The molecule has 0 saturated carbocycles. The minimum atomic E-state index is 1.28. The number of benzene rings is 2. The summed E-state index contributed by atoms with van der Waals surface area (Å²) in [5.74, 6) is 0. The van der Waals surface area contributed by atoms with E-state index in [1.807, 2.05) is 6.07 Å². The summed E-state index contributed by atoms with van der Waals surface area (Å²) in [6, 6.07) is 18.9. The van der Waals surface area contributed by atoms with Crippen molar-refractivity contribution >= 4 is 11.6 Å². The molecule has 0 nitrogen and oxygen atoms in total. The second-order valence-electron chi connectivity index (χ2n) is 4.05. The zero-order chi connectivity index (χ0) is 11.4. The first-order valence-corrected chi connectivity index (χ1v) is 5.57. The van der Waals surface area contributed by atoms with Gasteiger partial charge in [0.2, 0.25) is 0 Å². The zero-order valence-corrected chi connectivity index (χ0v) is 9.77. The second kappa shape index (κ2) is 4.80. The summed E-state index contributed by atoms with van der Waals surface area (Å²) in [5.41, 5.74) is 5.20. The average Bonchev–Trinajstić information content (AvgIpc) is 2.33. The Morgan fingerprint density at radius 1 is 0.875 bits per heavy atom. The first-order chi connectivity index (χ1) is 7.77. The van der Waals surface area contributed by atoms with Gasteiger partial charge in [-0.2, -0.15) is 0 Å². The van der Waals surface area contributed by atoms with Gasteiger partial charge in [-0.3, -0.25) is 0 Å². The van der Waals surface area contributed by atoms with Gasteiger partial charge < -0.3 is 0 Å². The van der Waals surface area contributed by atoms with Gasteiger partial charge in [0, 0.05) is 0 Å². The molecule has 16 heavy (non-hydrogen) atoms. The maximum atomic E-state index is 2.24. The van der Waals surface area contributed by atoms with Gasteiger partial charge in [0.25, 0.3) is 0 Å². The Bertz CT molecular complexity index is 492. The highest BCUT2D eigenvalue weighted by molar-refractivity contribution is 5.80. The molecule has 0 saturated heterocycles. The fraction of sp³-hybridized carbons (Fsp3) is 0.125. The zero-order valence-electron chi connectivity index (χ0n) is 9.77. The van der Waals surface area contributed by atoms with Crippen LogP contribution in [-0.4, -0.2) is 0 Å². The van der Waals surface area contributed by atoms with Gasteiger partial charge >= 0.3 is 0 Å². The maximum Gasteiger partial charge on any atom is -0.0225 e. The highest BCUT2D eigenvalue weighted by Crippen LogP contribution is 2.18. The maximum absolute atomic E-state index is 2.24. The van der Waals surface area contributed by atoms with Gasteiger partial charge in [0.1, 0.15) is 0 Å². The Balaban J connectivity index is 2.36. The number of aryl methyl sites for hydroxylation is 1. The molecule has 0 unspecified atom stereocenters. The van der Waals surface area contributed by atoms with E-state index < -0.39 is 0 Å². The van der Waals surface area contributed by atoms with Crippen molar-refractivity contribution in [1.82, 2.24) is 0 Å². The number of allylic oxidation sites excluding steroid dienone is 1. The van der Waals surface area contributed by atoms with Crippen molar-refractivity contribution in [2.75, 3.05) is 0 Å². The lowest BCUT2D eigenvalue weighted by atomic mass is 10.0. The van der Waals surface area contributed by atoms with E-state index in [1.54, 1.807) is 0 Å². The number of hydrogen-bond donors (Lipinski definition) is 0. The first kappa shape index (κ1) is 10.7. The molecule has 80 valence electrons. The Morgan fingerprint density at radius 3 is 2.19 bits per heavy atom. The number of rotatable bonds is 2.